The Balaban J connectivity index is -0.0000000800. The van der Waals surface area contributed by atoms with Crippen molar-refractivity contribution in [3.05, 3.63) is 7.43 Å². The minimum atomic E-state index is -0.616. The first kappa shape index (κ1) is 15.6. The first-order valence-electron chi connectivity index (χ1n) is 1.48. The van der Waals surface area contributed by atoms with Crippen LogP contribution < -0.4 is 0 Å². The Morgan fingerprint density at radius 2 is 1.71 bits per heavy atom. The van der Waals surface area contributed by atoms with E-state index >= 15 is 0 Å². The maximum atomic E-state index is 8.14. The zero-order chi connectivity index (χ0) is 4.28. The van der Waals surface area contributed by atoms with Crippen molar-refractivity contribution in [1.82, 2.24) is 0 Å². The Labute approximate surface area is 57.6 Å². The average Bonchev–Trinajstić information content (AvgIpc) is 1.38. The topological polar surface area (TPSA) is 29.5 Å². The molecule has 0 fully saturated rings. The number of hydrogen-bond acceptors (Lipinski definition) is 2. The molecule has 47 valence electrons. The molecule has 1 atom stereocenters. The third kappa shape index (κ3) is 20.9. The van der Waals surface area contributed by atoms with Crippen LogP contribution in [0.25, 0.3) is 0 Å². The molecule has 3 heteroatoms. The smallest absolute Gasteiger partial charge is 0.368 e. The van der Waals surface area contributed by atoms with Gasteiger partial charge in [0, 0.05) is 7.11 Å². The van der Waals surface area contributed by atoms with Crippen molar-refractivity contribution in [3.63, 3.8) is 0 Å². The van der Waals surface area contributed by atoms with Gasteiger partial charge in [-0.1, -0.05) is 0 Å². The first-order chi connectivity index (χ1) is 2.27. The Morgan fingerprint density at radius 3 is 1.71 bits per heavy atom. The summed E-state index contributed by atoms with van der Waals surface area (Å²) in [6.07, 6.45) is -0.616. The molecular formula is C4H11O2Ru. The zero-order valence-electron chi connectivity index (χ0n) is 4.79. The number of hydrogen-bond donors (Lipinski definition) is 1. The molecule has 0 aromatic heterocycles. The van der Waals surface area contributed by atoms with Gasteiger partial charge in [-0.2, -0.15) is 0 Å². The summed E-state index contributed by atoms with van der Waals surface area (Å²) in [5.74, 6) is 0. The molecule has 7 heavy (non-hydrogen) atoms. The van der Waals surface area contributed by atoms with E-state index in [4.69, 9.17) is 5.11 Å². The minimum absolute atomic E-state index is 0. The Bertz CT molecular complexity index is 23.7. The van der Waals surface area contributed by atoms with Crippen molar-refractivity contribution in [1.29, 1.82) is 0 Å². The van der Waals surface area contributed by atoms with Gasteiger partial charge in [-0.25, -0.2) is 0 Å². The molecule has 0 aliphatic heterocycles. The molecule has 0 aromatic carbocycles. The first-order valence-corrected chi connectivity index (χ1v) is 1.48. The second kappa shape index (κ2) is 9.74. The van der Waals surface area contributed by atoms with Crippen LogP contribution in [0.3, 0.4) is 0 Å². The number of rotatable bonds is 1. The van der Waals surface area contributed by atoms with Gasteiger partial charge in [0.05, 0.1) is 0 Å². The molecule has 1 N–H and O–H groups in total. The van der Waals surface area contributed by atoms with E-state index in [0.29, 0.717) is 0 Å². The van der Waals surface area contributed by atoms with Gasteiger partial charge in [0.2, 0.25) is 0 Å². The van der Waals surface area contributed by atoms with Gasteiger partial charge >= 0.3 is 19.5 Å². The molecule has 0 aliphatic rings. The van der Waals surface area contributed by atoms with Crippen LogP contribution in [0.1, 0.15) is 6.92 Å². The monoisotopic (exact) mass is 193 g/mol. The van der Waals surface area contributed by atoms with Crippen LogP contribution in [-0.4, -0.2) is 18.5 Å². The van der Waals surface area contributed by atoms with Gasteiger partial charge < -0.3 is 17.3 Å². The molecule has 0 saturated heterocycles. The van der Waals surface area contributed by atoms with Gasteiger partial charge in [0.1, 0.15) is 0 Å². The van der Waals surface area contributed by atoms with Crippen LogP contribution in [-0.2, 0) is 24.2 Å². The van der Waals surface area contributed by atoms with Gasteiger partial charge in [-0.3, -0.25) is 0 Å². The maximum absolute atomic E-state index is 8.14. The van der Waals surface area contributed by atoms with E-state index in [2.05, 4.69) is 4.74 Å². The molecule has 0 spiro atoms. The summed E-state index contributed by atoms with van der Waals surface area (Å²) in [4.78, 5) is 0. The van der Waals surface area contributed by atoms with Crippen LogP contribution in [0.5, 0.6) is 0 Å². The Hall–Kier alpha value is 0.543. The molecule has 1 radical (unpaired) electrons. The summed E-state index contributed by atoms with van der Waals surface area (Å²) >= 11 is 0. The fourth-order valence-corrected chi connectivity index (χ4v) is 0. The van der Waals surface area contributed by atoms with Crippen molar-refractivity contribution in [2.75, 3.05) is 7.11 Å². The minimum Gasteiger partial charge on any atom is -0.368 e. The number of ether oxygens (including phenoxy) is 1. The van der Waals surface area contributed by atoms with E-state index in [0.717, 1.165) is 0 Å². The summed E-state index contributed by atoms with van der Waals surface area (Å²) < 4.78 is 4.31. The molecular weight excluding hydrogens is 181 g/mol. The van der Waals surface area contributed by atoms with Crippen LogP contribution in [0.4, 0.5) is 0 Å². The Kier molecular flexibility index (Phi) is 21.8. The molecule has 0 rings (SSSR count). The number of aliphatic hydroxyl groups excluding tert-OH is 1. The predicted octanol–water partition coefficient (Wildman–Crippen LogP) is 0.419. The molecule has 0 bridgehead atoms. The summed E-state index contributed by atoms with van der Waals surface area (Å²) in [7, 11) is 1.45. The van der Waals surface area contributed by atoms with E-state index in [9.17, 15) is 0 Å². The third-order valence-electron chi connectivity index (χ3n) is 0.341. The van der Waals surface area contributed by atoms with Gasteiger partial charge in [0.25, 0.3) is 0 Å². The van der Waals surface area contributed by atoms with Gasteiger partial charge in [-0.05, 0) is 6.92 Å². The van der Waals surface area contributed by atoms with Crippen LogP contribution in [0.15, 0.2) is 0 Å². The average molecular weight is 192 g/mol. The maximum Gasteiger partial charge on any atom is 1.00 e. The largest absolute Gasteiger partial charge is 1.00 e. The van der Waals surface area contributed by atoms with Gasteiger partial charge in [0.15, 0.2) is 6.29 Å². The molecule has 0 aromatic rings. The van der Waals surface area contributed by atoms with Crippen LogP contribution in [0, 0.1) is 7.43 Å². The van der Waals surface area contributed by atoms with E-state index in [1.807, 2.05) is 0 Å². The summed E-state index contributed by atoms with van der Waals surface area (Å²) in [6, 6.07) is 0. The quantitative estimate of drug-likeness (QED) is 0.370. The van der Waals surface area contributed by atoms with E-state index in [1.54, 1.807) is 6.92 Å². The third-order valence-corrected chi connectivity index (χ3v) is 0.341. The van der Waals surface area contributed by atoms with E-state index in [1.165, 1.54) is 7.11 Å². The van der Waals surface area contributed by atoms with Gasteiger partial charge in [-0.15, -0.1) is 0 Å². The molecule has 0 saturated carbocycles. The molecule has 0 aliphatic carbocycles. The van der Waals surface area contributed by atoms with Crippen molar-refractivity contribution in [2.24, 2.45) is 0 Å². The number of aliphatic hydroxyl groups is 1. The van der Waals surface area contributed by atoms with Crippen molar-refractivity contribution >= 4 is 0 Å². The fraction of sp³-hybridized carbons (Fsp3) is 0.750. The summed E-state index contributed by atoms with van der Waals surface area (Å²) in [5.41, 5.74) is 0. The molecule has 1 unspecified atom stereocenters. The van der Waals surface area contributed by atoms with Crippen molar-refractivity contribution in [3.8, 4) is 0 Å². The van der Waals surface area contributed by atoms with Crippen molar-refractivity contribution in [2.45, 2.75) is 13.2 Å². The SMILES string of the molecule is COC(C)O.[CH3-].[Ru+]. The number of methoxy groups -OCH3 is 1. The normalized spacial score (nSPS) is 10.7. The van der Waals surface area contributed by atoms with E-state index in [-0.39, 0.29) is 26.9 Å². The predicted molar refractivity (Wildman–Crippen MR) is 25.1 cm³/mol. The van der Waals surface area contributed by atoms with E-state index < -0.39 is 6.29 Å². The zero-order valence-corrected chi connectivity index (χ0v) is 6.52. The summed E-state index contributed by atoms with van der Waals surface area (Å²) in [5, 5.41) is 8.14. The molecule has 0 heterocycles. The molecule has 0 amide bonds. The van der Waals surface area contributed by atoms with Crippen LogP contribution in [0.2, 0.25) is 0 Å². The fourth-order valence-electron chi connectivity index (χ4n) is 0. The standard InChI is InChI=1S/C3H8O2.CH3.Ru/c1-3(4)5-2;;/h3-4H,1-2H3;1H3;/q;-1;+1. The summed E-state index contributed by atoms with van der Waals surface area (Å²) in [6.45, 7) is 1.56. The second-order valence-electron chi connectivity index (χ2n) is 0.835. The Morgan fingerprint density at radius 1 is 1.57 bits per heavy atom. The second-order valence-corrected chi connectivity index (χ2v) is 0.835. The van der Waals surface area contributed by atoms with Crippen molar-refractivity contribution < 1.29 is 29.3 Å². The van der Waals surface area contributed by atoms with Crippen LogP contribution >= 0.6 is 0 Å². The molecule has 2 nitrogen and oxygen atoms in total.